The second-order valence-electron chi connectivity index (χ2n) is 4.26. The summed E-state index contributed by atoms with van der Waals surface area (Å²) in [6, 6.07) is 9.18. The van der Waals surface area contributed by atoms with E-state index in [2.05, 4.69) is 4.98 Å². The minimum atomic E-state index is 0.573. The zero-order valence-electron chi connectivity index (χ0n) is 11.4. The van der Waals surface area contributed by atoms with Crippen molar-refractivity contribution in [1.29, 1.82) is 0 Å². The van der Waals surface area contributed by atoms with Crippen LogP contribution in [0.25, 0.3) is 0 Å². The Kier molecular flexibility index (Phi) is 3.90. The van der Waals surface area contributed by atoms with E-state index in [1.165, 1.54) is 0 Å². The van der Waals surface area contributed by atoms with Crippen LogP contribution in [0.4, 0.5) is 5.69 Å². The molecule has 0 aliphatic carbocycles. The molecule has 0 radical (unpaired) electrons. The molecule has 0 atom stereocenters. The lowest BCUT2D eigenvalue weighted by molar-refractivity contribution is 0.409. The van der Waals surface area contributed by atoms with E-state index < -0.39 is 0 Å². The molecule has 0 spiro atoms. The van der Waals surface area contributed by atoms with E-state index in [4.69, 9.17) is 15.2 Å². The van der Waals surface area contributed by atoms with Crippen molar-refractivity contribution in [3.05, 3.63) is 41.7 Å². The first kappa shape index (κ1) is 13.2. The molecule has 2 rings (SSSR count). The quantitative estimate of drug-likeness (QED) is 0.854. The number of aromatic nitrogens is 1. The van der Waals surface area contributed by atoms with Gasteiger partial charge < -0.3 is 15.2 Å². The lowest BCUT2D eigenvalue weighted by atomic mass is 10.2. The third-order valence-corrected chi connectivity index (χ3v) is 2.85. The first-order valence-corrected chi connectivity index (χ1v) is 6.22. The summed E-state index contributed by atoms with van der Waals surface area (Å²) < 4.78 is 11.0. The molecule has 0 saturated heterocycles. The zero-order valence-corrected chi connectivity index (χ0v) is 11.4. The molecule has 2 N–H and O–H groups in total. The maximum Gasteiger partial charge on any atom is 0.154 e. The lowest BCUT2D eigenvalue weighted by Gasteiger charge is -2.12. The molecule has 1 heterocycles. The number of aryl methyl sites for hydroxylation is 2. The van der Waals surface area contributed by atoms with Gasteiger partial charge in [-0.05, 0) is 37.6 Å². The first-order chi connectivity index (χ1) is 9.13. The monoisotopic (exact) mass is 258 g/mol. The van der Waals surface area contributed by atoms with Crippen LogP contribution in [0.3, 0.4) is 0 Å². The van der Waals surface area contributed by atoms with Gasteiger partial charge in [0.05, 0.1) is 18.5 Å². The third kappa shape index (κ3) is 2.96. The number of anilines is 1. The van der Waals surface area contributed by atoms with Crippen LogP contribution in [0, 0.1) is 6.92 Å². The van der Waals surface area contributed by atoms with E-state index >= 15 is 0 Å². The van der Waals surface area contributed by atoms with Gasteiger partial charge in [-0.3, -0.25) is 4.98 Å². The molecule has 1 aromatic heterocycles. The second-order valence-corrected chi connectivity index (χ2v) is 4.26. The summed E-state index contributed by atoms with van der Waals surface area (Å²) >= 11 is 0. The van der Waals surface area contributed by atoms with E-state index in [1.807, 2.05) is 26.0 Å². The van der Waals surface area contributed by atoms with E-state index in [9.17, 15) is 0 Å². The molecule has 0 fully saturated rings. The van der Waals surface area contributed by atoms with Gasteiger partial charge in [0.25, 0.3) is 0 Å². The number of pyridine rings is 1. The lowest BCUT2D eigenvalue weighted by Crippen LogP contribution is -1.98. The number of hydrogen-bond acceptors (Lipinski definition) is 4. The molecular formula is C15H18N2O2. The highest BCUT2D eigenvalue weighted by molar-refractivity contribution is 5.57. The van der Waals surface area contributed by atoms with Crippen LogP contribution in [-0.4, -0.2) is 12.1 Å². The van der Waals surface area contributed by atoms with Crippen LogP contribution < -0.4 is 15.2 Å². The number of ether oxygens (including phenoxy) is 2. The number of nitrogens with zero attached hydrogens (tertiary/aromatic N) is 1. The van der Waals surface area contributed by atoms with Gasteiger partial charge in [0, 0.05) is 11.8 Å². The highest BCUT2D eigenvalue weighted by Crippen LogP contribution is 2.32. The minimum Gasteiger partial charge on any atom is -0.497 e. The zero-order chi connectivity index (χ0) is 13.8. The number of nitrogen functional groups attached to an aromatic ring is 1. The highest BCUT2D eigenvalue weighted by atomic mass is 16.5. The number of benzene rings is 1. The Labute approximate surface area is 113 Å². The number of nitrogens with two attached hydrogens (primary N) is 1. The Morgan fingerprint density at radius 1 is 1.16 bits per heavy atom. The standard InChI is InChI=1S/C15H18N2O2/c1-4-13-14(8-5-10(2)17-13)19-15-9-11(18-3)6-7-12(15)16/h5-9H,4,16H2,1-3H3. The average Bonchev–Trinajstić information content (AvgIpc) is 2.43. The van der Waals surface area contributed by atoms with E-state index in [0.29, 0.717) is 17.2 Å². The van der Waals surface area contributed by atoms with Crippen molar-refractivity contribution in [2.75, 3.05) is 12.8 Å². The molecule has 0 unspecified atom stereocenters. The molecule has 0 bridgehead atoms. The Balaban J connectivity index is 2.35. The molecule has 1 aromatic carbocycles. The van der Waals surface area contributed by atoms with Gasteiger partial charge in [0.2, 0.25) is 0 Å². The summed E-state index contributed by atoms with van der Waals surface area (Å²) in [4.78, 5) is 4.46. The van der Waals surface area contributed by atoms with Crippen LogP contribution in [-0.2, 0) is 6.42 Å². The van der Waals surface area contributed by atoms with Gasteiger partial charge in [-0.2, -0.15) is 0 Å². The molecule has 19 heavy (non-hydrogen) atoms. The maximum absolute atomic E-state index is 5.91. The summed E-state index contributed by atoms with van der Waals surface area (Å²) in [7, 11) is 1.61. The molecule has 0 aliphatic heterocycles. The molecule has 4 heteroatoms. The number of methoxy groups -OCH3 is 1. The topological polar surface area (TPSA) is 57.4 Å². The van der Waals surface area contributed by atoms with Crippen molar-refractivity contribution < 1.29 is 9.47 Å². The van der Waals surface area contributed by atoms with Crippen LogP contribution in [0.1, 0.15) is 18.3 Å². The molecule has 2 aromatic rings. The molecule has 100 valence electrons. The van der Waals surface area contributed by atoms with E-state index in [-0.39, 0.29) is 0 Å². The molecular weight excluding hydrogens is 240 g/mol. The van der Waals surface area contributed by atoms with Gasteiger partial charge in [-0.25, -0.2) is 0 Å². The van der Waals surface area contributed by atoms with E-state index in [0.717, 1.165) is 23.6 Å². The Morgan fingerprint density at radius 2 is 1.95 bits per heavy atom. The van der Waals surface area contributed by atoms with Crippen LogP contribution in [0.2, 0.25) is 0 Å². The van der Waals surface area contributed by atoms with Crippen LogP contribution in [0.5, 0.6) is 17.2 Å². The van der Waals surface area contributed by atoms with Crippen molar-refractivity contribution in [2.24, 2.45) is 0 Å². The van der Waals surface area contributed by atoms with Gasteiger partial charge in [-0.15, -0.1) is 0 Å². The van der Waals surface area contributed by atoms with Crippen molar-refractivity contribution in [1.82, 2.24) is 4.98 Å². The number of rotatable bonds is 4. The Bertz CT molecular complexity index is 582. The summed E-state index contributed by atoms with van der Waals surface area (Å²) in [5.41, 5.74) is 8.38. The van der Waals surface area contributed by atoms with Gasteiger partial charge in [0.15, 0.2) is 5.75 Å². The van der Waals surface area contributed by atoms with Crippen molar-refractivity contribution in [3.8, 4) is 17.2 Å². The molecule has 4 nitrogen and oxygen atoms in total. The molecule has 0 amide bonds. The fourth-order valence-corrected chi connectivity index (χ4v) is 1.79. The predicted octanol–water partition coefficient (Wildman–Crippen LogP) is 3.34. The fraction of sp³-hybridized carbons (Fsp3) is 0.267. The van der Waals surface area contributed by atoms with Gasteiger partial charge >= 0.3 is 0 Å². The van der Waals surface area contributed by atoms with Gasteiger partial charge in [-0.1, -0.05) is 6.92 Å². The van der Waals surface area contributed by atoms with Crippen molar-refractivity contribution >= 4 is 5.69 Å². The maximum atomic E-state index is 5.91. The summed E-state index contributed by atoms with van der Waals surface area (Å²) in [6.45, 7) is 4.01. The second kappa shape index (κ2) is 5.61. The summed E-state index contributed by atoms with van der Waals surface area (Å²) in [5.74, 6) is 2.02. The first-order valence-electron chi connectivity index (χ1n) is 6.22. The largest absolute Gasteiger partial charge is 0.497 e. The third-order valence-electron chi connectivity index (χ3n) is 2.85. The normalized spacial score (nSPS) is 10.3. The van der Waals surface area contributed by atoms with E-state index in [1.54, 1.807) is 25.3 Å². The average molecular weight is 258 g/mol. The Hall–Kier alpha value is -2.23. The summed E-state index contributed by atoms with van der Waals surface area (Å²) in [6.07, 6.45) is 0.806. The van der Waals surface area contributed by atoms with Crippen LogP contribution in [0.15, 0.2) is 30.3 Å². The predicted molar refractivity (Wildman–Crippen MR) is 75.8 cm³/mol. The SMILES string of the molecule is CCc1nc(C)ccc1Oc1cc(OC)ccc1N. The smallest absolute Gasteiger partial charge is 0.154 e. The fourth-order valence-electron chi connectivity index (χ4n) is 1.79. The highest BCUT2D eigenvalue weighted by Gasteiger charge is 2.09. The minimum absolute atomic E-state index is 0.573. The Morgan fingerprint density at radius 3 is 2.63 bits per heavy atom. The van der Waals surface area contributed by atoms with Crippen LogP contribution >= 0.6 is 0 Å². The summed E-state index contributed by atoms with van der Waals surface area (Å²) in [5, 5.41) is 0. The van der Waals surface area contributed by atoms with Crippen molar-refractivity contribution in [3.63, 3.8) is 0 Å². The van der Waals surface area contributed by atoms with Crippen molar-refractivity contribution in [2.45, 2.75) is 20.3 Å². The molecule has 0 aliphatic rings. The number of hydrogen-bond donors (Lipinski definition) is 1. The molecule has 0 saturated carbocycles. The van der Waals surface area contributed by atoms with Gasteiger partial charge in [0.1, 0.15) is 11.5 Å².